The van der Waals surface area contributed by atoms with Crippen LogP contribution in [0.25, 0.3) is 0 Å². The lowest BCUT2D eigenvalue weighted by Crippen LogP contribution is -2.51. The second-order valence-electron chi connectivity index (χ2n) is 8.56. The number of nitrogens with one attached hydrogen (secondary N) is 1. The normalized spacial score (nSPS) is 12.2. The molecule has 0 unspecified atom stereocenters. The molecular formula is C24H31ClFN3O5S. The predicted octanol–water partition coefficient (Wildman–Crippen LogP) is 3.44. The molecule has 0 fully saturated rings. The van der Waals surface area contributed by atoms with Crippen molar-refractivity contribution in [2.75, 3.05) is 30.8 Å². The summed E-state index contributed by atoms with van der Waals surface area (Å²) in [6.07, 6.45) is 0.933. The largest absolute Gasteiger partial charge is 0.497 e. The first-order chi connectivity index (χ1) is 16.3. The lowest BCUT2D eigenvalue weighted by molar-refractivity contribution is -0.139. The quantitative estimate of drug-likeness (QED) is 0.483. The smallest absolute Gasteiger partial charge is 0.244 e. The topological polar surface area (TPSA) is 96.0 Å². The highest BCUT2D eigenvalue weighted by Crippen LogP contribution is 2.25. The second kappa shape index (κ2) is 12.2. The fourth-order valence-corrected chi connectivity index (χ4v) is 4.27. The Labute approximate surface area is 211 Å². The van der Waals surface area contributed by atoms with Gasteiger partial charge in [0.2, 0.25) is 21.8 Å². The van der Waals surface area contributed by atoms with Crippen molar-refractivity contribution in [1.29, 1.82) is 0 Å². The zero-order valence-electron chi connectivity index (χ0n) is 20.4. The van der Waals surface area contributed by atoms with Crippen molar-refractivity contribution in [2.24, 2.45) is 5.92 Å². The maximum atomic E-state index is 13.6. The molecule has 0 aromatic heterocycles. The predicted molar refractivity (Wildman–Crippen MR) is 134 cm³/mol. The molecule has 2 aromatic rings. The maximum absolute atomic E-state index is 13.6. The van der Waals surface area contributed by atoms with Gasteiger partial charge in [0.25, 0.3) is 0 Å². The van der Waals surface area contributed by atoms with Crippen LogP contribution in [0, 0.1) is 11.7 Å². The number of nitrogens with zero attached hydrogens (tertiary/aromatic N) is 2. The number of methoxy groups -OCH3 is 1. The fourth-order valence-electron chi connectivity index (χ4n) is 3.26. The van der Waals surface area contributed by atoms with Crippen LogP contribution in [0.4, 0.5) is 10.1 Å². The molecule has 0 radical (unpaired) electrons. The molecule has 1 atom stereocenters. The van der Waals surface area contributed by atoms with Gasteiger partial charge in [-0.3, -0.25) is 13.9 Å². The molecule has 35 heavy (non-hydrogen) atoms. The monoisotopic (exact) mass is 527 g/mol. The standard InChI is InChI=1S/C24H31ClFN3O5S/c1-16(2)13-27-24(31)17(3)28(14-18-7-6-8-20(11-18)34-4)23(30)15-29(35(5,32)33)19-9-10-22(26)21(25)12-19/h6-12,16-17H,13-15H2,1-5H3,(H,27,31)/t17-/m0/s1. The van der Waals surface area contributed by atoms with Crippen LogP contribution in [0.1, 0.15) is 26.3 Å². The molecule has 0 spiro atoms. The summed E-state index contributed by atoms with van der Waals surface area (Å²) in [5, 5.41) is 2.53. The number of anilines is 1. The fraction of sp³-hybridized carbons (Fsp3) is 0.417. The number of hydrogen-bond donors (Lipinski definition) is 1. The molecule has 0 heterocycles. The van der Waals surface area contributed by atoms with Crippen molar-refractivity contribution in [3.63, 3.8) is 0 Å². The summed E-state index contributed by atoms with van der Waals surface area (Å²) < 4.78 is 44.8. The molecule has 192 valence electrons. The summed E-state index contributed by atoms with van der Waals surface area (Å²) in [6, 6.07) is 9.49. The Bertz CT molecular complexity index is 1160. The van der Waals surface area contributed by atoms with Gasteiger partial charge in [-0.1, -0.05) is 37.6 Å². The first-order valence-corrected chi connectivity index (χ1v) is 13.2. The van der Waals surface area contributed by atoms with Gasteiger partial charge < -0.3 is 15.0 Å². The molecule has 0 saturated heterocycles. The third-order valence-corrected chi connectivity index (χ3v) is 6.64. The Hall–Kier alpha value is -2.85. The van der Waals surface area contributed by atoms with Crippen molar-refractivity contribution in [1.82, 2.24) is 10.2 Å². The number of halogens is 2. The van der Waals surface area contributed by atoms with Crippen LogP contribution in [-0.2, 0) is 26.2 Å². The number of carbonyl (C=O) groups is 2. The minimum atomic E-state index is -3.94. The minimum Gasteiger partial charge on any atom is -0.497 e. The van der Waals surface area contributed by atoms with Gasteiger partial charge in [0.05, 0.1) is 24.1 Å². The Morgan fingerprint density at radius 1 is 1.14 bits per heavy atom. The van der Waals surface area contributed by atoms with Crippen LogP contribution in [-0.4, -0.2) is 57.6 Å². The lowest BCUT2D eigenvalue weighted by Gasteiger charge is -2.31. The summed E-state index contributed by atoms with van der Waals surface area (Å²) >= 11 is 5.84. The zero-order chi connectivity index (χ0) is 26.3. The summed E-state index contributed by atoms with van der Waals surface area (Å²) in [6.45, 7) is 5.33. The summed E-state index contributed by atoms with van der Waals surface area (Å²) in [7, 11) is -2.43. The van der Waals surface area contributed by atoms with E-state index in [0.717, 1.165) is 22.7 Å². The van der Waals surface area contributed by atoms with Crippen LogP contribution in [0.2, 0.25) is 5.02 Å². The molecule has 2 amide bonds. The van der Waals surface area contributed by atoms with Gasteiger partial charge >= 0.3 is 0 Å². The highest BCUT2D eigenvalue weighted by molar-refractivity contribution is 7.92. The number of hydrogen-bond acceptors (Lipinski definition) is 5. The SMILES string of the molecule is COc1cccc(CN(C(=O)CN(c2ccc(F)c(Cl)c2)S(C)(=O)=O)[C@@H](C)C(=O)NCC(C)C)c1. The molecule has 11 heteroatoms. The average Bonchev–Trinajstić information content (AvgIpc) is 2.80. The van der Waals surface area contributed by atoms with E-state index in [9.17, 15) is 22.4 Å². The van der Waals surface area contributed by atoms with E-state index in [0.29, 0.717) is 17.9 Å². The molecule has 0 saturated carbocycles. The minimum absolute atomic E-state index is 0.0329. The van der Waals surface area contributed by atoms with E-state index in [1.54, 1.807) is 31.2 Å². The Morgan fingerprint density at radius 3 is 2.40 bits per heavy atom. The maximum Gasteiger partial charge on any atom is 0.244 e. The molecule has 0 aliphatic carbocycles. The first kappa shape index (κ1) is 28.4. The van der Waals surface area contributed by atoms with E-state index in [1.807, 2.05) is 13.8 Å². The number of carbonyl (C=O) groups excluding carboxylic acids is 2. The van der Waals surface area contributed by atoms with Crippen LogP contribution in [0.3, 0.4) is 0 Å². The lowest BCUT2D eigenvalue weighted by atomic mass is 10.1. The molecule has 0 bridgehead atoms. The first-order valence-electron chi connectivity index (χ1n) is 11.0. The van der Waals surface area contributed by atoms with E-state index in [1.165, 1.54) is 18.1 Å². The van der Waals surface area contributed by atoms with E-state index < -0.39 is 34.3 Å². The highest BCUT2D eigenvalue weighted by Gasteiger charge is 2.30. The average molecular weight is 528 g/mol. The van der Waals surface area contributed by atoms with Gasteiger partial charge in [0.1, 0.15) is 24.2 Å². The van der Waals surface area contributed by atoms with Crippen LogP contribution >= 0.6 is 11.6 Å². The van der Waals surface area contributed by atoms with Gasteiger partial charge in [0, 0.05) is 13.1 Å². The van der Waals surface area contributed by atoms with Crippen molar-refractivity contribution in [2.45, 2.75) is 33.4 Å². The van der Waals surface area contributed by atoms with Crippen molar-refractivity contribution < 1.29 is 27.1 Å². The molecule has 2 rings (SSSR count). The molecule has 2 aromatic carbocycles. The molecule has 8 nitrogen and oxygen atoms in total. The van der Waals surface area contributed by atoms with Gasteiger partial charge in [0.15, 0.2) is 0 Å². The summed E-state index contributed by atoms with van der Waals surface area (Å²) in [4.78, 5) is 27.6. The van der Waals surface area contributed by atoms with Crippen molar-refractivity contribution >= 4 is 39.1 Å². The number of rotatable bonds is 11. The Morgan fingerprint density at radius 2 is 1.83 bits per heavy atom. The number of amides is 2. The van der Waals surface area contributed by atoms with Crippen LogP contribution in [0.5, 0.6) is 5.75 Å². The van der Waals surface area contributed by atoms with E-state index in [2.05, 4.69) is 5.32 Å². The third-order valence-electron chi connectivity index (χ3n) is 5.21. The Kier molecular flexibility index (Phi) is 9.91. The Balaban J connectivity index is 2.40. The zero-order valence-corrected chi connectivity index (χ0v) is 22.0. The van der Waals surface area contributed by atoms with Gasteiger partial charge in [-0.15, -0.1) is 0 Å². The third kappa shape index (κ3) is 8.10. The van der Waals surface area contributed by atoms with E-state index in [-0.39, 0.29) is 29.1 Å². The van der Waals surface area contributed by atoms with E-state index in [4.69, 9.17) is 16.3 Å². The van der Waals surface area contributed by atoms with Gasteiger partial charge in [-0.2, -0.15) is 0 Å². The molecule has 1 N–H and O–H groups in total. The number of sulfonamides is 1. The summed E-state index contributed by atoms with van der Waals surface area (Å²) in [5.41, 5.74) is 0.724. The summed E-state index contributed by atoms with van der Waals surface area (Å²) in [5.74, 6) is -0.926. The van der Waals surface area contributed by atoms with Gasteiger partial charge in [-0.25, -0.2) is 12.8 Å². The number of benzene rings is 2. The number of ether oxygens (including phenoxy) is 1. The second-order valence-corrected chi connectivity index (χ2v) is 10.9. The van der Waals surface area contributed by atoms with Crippen molar-refractivity contribution in [3.05, 3.63) is 58.9 Å². The molecule has 0 aliphatic rings. The van der Waals surface area contributed by atoms with E-state index >= 15 is 0 Å². The molecular weight excluding hydrogens is 497 g/mol. The van der Waals surface area contributed by atoms with Crippen LogP contribution < -0.4 is 14.4 Å². The molecule has 0 aliphatic heterocycles. The van der Waals surface area contributed by atoms with Gasteiger partial charge in [-0.05, 0) is 48.7 Å². The highest BCUT2D eigenvalue weighted by atomic mass is 35.5. The van der Waals surface area contributed by atoms with Crippen molar-refractivity contribution in [3.8, 4) is 5.75 Å². The van der Waals surface area contributed by atoms with Crippen LogP contribution in [0.15, 0.2) is 42.5 Å².